The maximum absolute atomic E-state index is 3.57. The Morgan fingerprint density at radius 3 is 2.67 bits per heavy atom. The Balaban J connectivity index is 1.70. The van der Waals surface area contributed by atoms with Crippen molar-refractivity contribution in [2.24, 2.45) is 5.92 Å². The van der Waals surface area contributed by atoms with E-state index in [-0.39, 0.29) is 0 Å². The predicted molar refractivity (Wildman–Crippen MR) is 76.7 cm³/mol. The first kappa shape index (κ1) is 12.0. The normalized spacial score (nSPS) is 28.6. The maximum Gasteiger partial charge on any atom is 0.0311 e. The van der Waals surface area contributed by atoms with E-state index in [0.717, 1.165) is 11.8 Å². The Bertz CT molecular complexity index is 420. The minimum Gasteiger partial charge on any atom is -0.313 e. The van der Waals surface area contributed by atoms with Gasteiger partial charge in [0.15, 0.2) is 0 Å². The summed E-state index contributed by atoms with van der Waals surface area (Å²) in [5.74, 6) is 1.60. The van der Waals surface area contributed by atoms with Crippen LogP contribution in [0.3, 0.4) is 0 Å². The number of allylic oxidation sites excluding steroid dienone is 1. The van der Waals surface area contributed by atoms with Gasteiger partial charge in [-0.05, 0) is 56.6 Å². The fourth-order valence-electron chi connectivity index (χ4n) is 3.49. The molecular formula is C17H23N. The smallest absolute Gasteiger partial charge is 0.0311 e. The van der Waals surface area contributed by atoms with E-state index in [1.54, 1.807) is 5.57 Å². The van der Waals surface area contributed by atoms with Gasteiger partial charge in [0.1, 0.15) is 0 Å². The van der Waals surface area contributed by atoms with Crippen LogP contribution in [-0.2, 0) is 0 Å². The van der Waals surface area contributed by atoms with Gasteiger partial charge in [-0.2, -0.15) is 0 Å². The van der Waals surface area contributed by atoms with Crippen molar-refractivity contribution in [3.63, 3.8) is 0 Å². The molecule has 96 valence electrons. The van der Waals surface area contributed by atoms with Crippen molar-refractivity contribution in [2.45, 2.75) is 44.1 Å². The second kappa shape index (κ2) is 5.27. The molecule has 0 saturated heterocycles. The van der Waals surface area contributed by atoms with Gasteiger partial charge < -0.3 is 5.32 Å². The molecule has 1 aromatic rings. The van der Waals surface area contributed by atoms with Crippen LogP contribution in [0.1, 0.15) is 43.6 Å². The first-order valence-corrected chi connectivity index (χ1v) is 7.31. The second-order valence-electron chi connectivity index (χ2n) is 5.71. The van der Waals surface area contributed by atoms with E-state index in [9.17, 15) is 0 Å². The molecule has 18 heavy (non-hydrogen) atoms. The maximum atomic E-state index is 3.57. The number of hydrogen-bond donors (Lipinski definition) is 1. The Labute approximate surface area is 110 Å². The Morgan fingerprint density at radius 1 is 1.17 bits per heavy atom. The van der Waals surface area contributed by atoms with Crippen LogP contribution < -0.4 is 5.32 Å². The summed E-state index contributed by atoms with van der Waals surface area (Å²) in [7, 11) is 2.13. The molecule has 1 heteroatoms. The van der Waals surface area contributed by atoms with Gasteiger partial charge in [0.2, 0.25) is 0 Å². The van der Waals surface area contributed by atoms with Gasteiger partial charge in [0.05, 0.1) is 0 Å². The monoisotopic (exact) mass is 241 g/mol. The van der Waals surface area contributed by atoms with Crippen LogP contribution in [0.25, 0.3) is 0 Å². The van der Waals surface area contributed by atoms with Crippen LogP contribution in [0.5, 0.6) is 0 Å². The summed E-state index contributed by atoms with van der Waals surface area (Å²) in [6.07, 6.45) is 9.21. The summed E-state index contributed by atoms with van der Waals surface area (Å²) < 4.78 is 0. The van der Waals surface area contributed by atoms with Crippen molar-refractivity contribution in [3.05, 3.63) is 47.5 Å². The first-order chi connectivity index (χ1) is 8.90. The molecule has 2 aliphatic carbocycles. The van der Waals surface area contributed by atoms with Gasteiger partial charge in [-0.1, -0.05) is 42.0 Å². The molecule has 0 heterocycles. The highest BCUT2D eigenvalue weighted by atomic mass is 14.9. The van der Waals surface area contributed by atoms with Crippen molar-refractivity contribution in [1.82, 2.24) is 5.32 Å². The molecule has 1 nitrogen and oxygen atoms in total. The summed E-state index contributed by atoms with van der Waals surface area (Å²) in [6.45, 7) is 0. The summed E-state index contributed by atoms with van der Waals surface area (Å²) in [6, 6.07) is 11.6. The molecule has 0 radical (unpaired) electrons. The van der Waals surface area contributed by atoms with E-state index in [1.807, 2.05) is 0 Å². The summed E-state index contributed by atoms with van der Waals surface area (Å²) in [4.78, 5) is 0. The highest BCUT2D eigenvalue weighted by molar-refractivity contribution is 5.30. The van der Waals surface area contributed by atoms with Crippen LogP contribution in [0.15, 0.2) is 42.0 Å². The third kappa shape index (κ3) is 2.37. The zero-order chi connectivity index (χ0) is 12.4. The lowest BCUT2D eigenvalue weighted by Gasteiger charge is -2.23. The molecule has 0 spiro atoms. The molecule has 3 rings (SSSR count). The van der Waals surface area contributed by atoms with E-state index < -0.39 is 0 Å². The average molecular weight is 241 g/mol. The van der Waals surface area contributed by atoms with Crippen molar-refractivity contribution >= 4 is 0 Å². The highest BCUT2D eigenvalue weighted by Crippen LogP contribution is 2.51. The quantitative estimate of drug-likeness (QED) is 0.789. The third-order valence-corrected chi connectivity index (χ3v) is 4.53. The van der Waals surface area contributed by atoms with Crippen molar-refractivity contribution in [3.8, 4) is 0 Å². The molecule has 1 fully saturated rings. The SMILES string of the molecule is CNC(C1=CCCCC1)C1CC1c1ccccc1. The van der Waals surface area contributed by atoms with E-state index in [1.165, 1.54) is 37.7 Å². The molecule has 0 aromatic heterocycles. The van der Waals surface area contributed by atoms with E-state index in [0.29, 0.717) is 6.04 Å². The molecule has 3 atom stereocenters. The molecule has 1 N–H and O–H groups in total. The van der Waals surface area contributed by atoms with E-state index >= 15 is 0 Å². The van der Waals surface area contributed by atoms with Gasteiger partial charge in [-0.25, -0.2) is 0 Å². The highest BCUT2D eigenvalue weighted by Gasteiger charge is 2.44. The molecule has 3 unspecified atom stereocenters. The van der Waals surface area contributed by atoms with Crippen LogP contribution >= 0.6 is 0 Å². The fraction of sp³-hybridized carbons (Fsp3) is 0.529. The fourth-order valence-corrected chi connectivity index (χ4v) is 3.49. The Hall–Kier alpha value is -1.08. The van der Waals surface area contributed by atoms with Gasteiger partial charge in [-0.15, -0.1) is 0 Å². The average Bonchev–Trinajstić information content (AvgIpc) is 3.22. The van der Waals surface area contributed by atoms with Gasteiger partial charge in [0.25, 0.3) is 0 Å². The lowest BCUT2D eigenvalue weighted by molar-refractivity contribution is 0.517. The Morgan fingerprint density at radius 2 is 2.00 bits per heavy atom. The van der Waals surface area contributed by atoms with Crippen molar-refractivity contribution < 1.29 is 0 Å². The van der Waals surface area contributed by atoms with Gasteiger partial charge in [-0.3, -0.25) is 0 Å². The third-order valence-electron chi connectivity index (χ3n) is 4.53. The van der Waals surface area contributed by atoms with Crippen LogP contribution in [0, 0.1) is 5.92 Å². The number of likely N-dealkylation sites (N-methyl/N-ethyl adjacent to an activating group) is 1. The van der Waals surface area contributed by atoms with E-state index in [2.05, 4.69) is 48.8 Å². The number of nitrogens with one attached hydrogen (secondary N) is 1. The van der Waals surface area contributed by atoms with Crippen molar-refractivity contribution in [1.29, 1.82) is 0 Å². The molecule has 0 bridgehead atoms. The summed E-state index contributed by atoms with van der Waals surface area (Å²) in [5, 5.41) is 3.57. The zero-order valence-electron chi connectivity index (χ0n) is 11.2. The lowest BCUT2D eigenvalue weighted by Crippen LogP contribution is -2.31. The van der Waals surface area contributed by atoms with Crippen LogP contribution in [0.4, 0.5) is 0 Å². The van der Waals surface area contributed by atoms with Gasteiger partial charge >= 0.3 is 0 Å². The van der Waals surface area contributed by atoms with E-state index in [4.69, 9.17) is 0 Å². The second-order valence-corrected chi connectivity index (χ2v) is 5.71. The summed E-state index contributed by atoms with van der Waals surface area (Å²) in [5.41, 5.74) is 3.20. The van der Waals surface area contributed by atoms with Gasteiger partial charge in [0, 0.05) is 6.04 Å². The van der Waals surface area contributed by atoms with Crippen LogP contribution in [-0.4, -0.2) is 13.1 Å². The Kier molecular flexibility index (Phi) is 3.51. The zero-order valence-corrected chi connectivity index (χ0v) is 11.2. The predicted octanol–water partition coefficient (Wildman–Crippen LogP) is 3.88. The number of benzene rings is 1. The first-order valence-electron chi connectivity index (χ1n) is 7.31. The minimum absolute atomic E-state index is 0.621. The molecule has 0 amide bonds. The summed E-state index contributed by atoms with van der Waals surface area (Å²) >= 11 is 0. The van der Waals surface area contributed by atoms with Crippen molar-refractivity contribution in [2.75, 3.05) is 7.05 Å². The molecule has 1 saturated carbocycles. The molecular weight excluding hydrogens is 218 g/mol. The number of rotatable bonds is 4. The van der Waals surface area contributed by atoms with Crippen LogP contribution in [0.2, 0.25) is 0 Å². The molecule has 1 aromatic carbocycles. The standard InChI is InChI=1S/C17H23N/c1-18-17(14-10-6-3-7-11-14)16-12-15(16)13-8-4-2-5-9-13/h2,4-5,8-10,15-18H,3,6-7,11-12H2,1H3. The number of hydrogen-bond acceptors (Lipinski definition) is 1. The largest absolute Gasteiger partial charge is 0.313 e. The molecule has 0 aliphatic heterocycles. The topological polar surface area (TPSA) is 12.0 Å². The lowest BCUT2D eigenvalue weighted by atomic mass is 9.90. The minimum atomic E-state index is 0.621. The molecule has 2 aliphatic rings.